The lowest BCUT2D eigenvalue weighted by Gasteiger charge is -2.25. The van der Waals surface area contributed by atoms with Crippen molar-refractivity contribution in [2.24, 2.45) is 5.41 Å². The van der Waals surface area contributed by atoms with Gasteiger partial charge in [-0.25, -0.2) is 9.59 Å². The van der Waals surface area contributed by atoms with Gasteiger partial charge in [0.15, 0.2) is 0 Å². The molecule has 2 aromatic carbocycles. The van der Waals surface area contributed by atoms with Crippen LogP contribution < -0.4 is 15.4 Å². The number of hydrogen-bond donors (Lipinski definition) is 4. The van der Waals surface area contributed by atoms with Crippen molar-refractivity contribution in [1.29, 1.82) is 0 Å². The molecule has 1 aliphatic heterocycles. The van der Waals surface area contributed by atoms with Crippen LogP contribution in [0, 0.1) is 5.41 Å². The molecule has 220 valence electrons. The third-order valence-electron chi connectivity index (χ3n) is 6.86. The zero-order chi connectivity index (χ0) is 30.5. The van der Waals surface area contributed by atoms with Gasteiger partial charge in [-0.3, -0.25) is 14.4 Å². The molecule has 0 aliphatic carbocycles. The fourth-order valence-electron chi connectivity index (χ4n) is 4.89. The number of hydrogen-bond acceptors (Lipinski definition) is 6. The maximum atomic E-state index is 13.5. The number of carboxylic acids is 2. The SMILES string of the molecule is COc1ccc2c(c1)C(C(=O)NC(Cc1ccccc1CC(NC(=O)CC(C)(C)C)C(=O)O)C(=O)O)N(C(C)=O)C2. The maximum absolute atomic E-state index is 13.5. The number of rotatable bonds is 11. The van der Waals surface area contributed by atoms with E-state index in [0.717, 1.165) is 5.56 Å². The Morgan fingerprint density at radius 2 is 1.51 bits per heavy atom. The Bertz CT molecular complexity index is 1330. The van der Waals surface area contributed by atoms with E-state index in [-0.39, 0.29) is 37.1 Å². The molecule has 0 radical (unpaired) electrons. The maximum Gasteiger partial charge on any atom is 0.326 e. The Morgan fingerprint density at radius 3 is 2.00 bits per heavy atom. The largest absolute Gasteiger partial charge is 0.497 e. The third-order valence-corrected chi connectivity index (χ3v) is 6.86. The van der Waals surface area contributed by atoms with Gasteiger partial charge < -0.3 is 30.5 Å². The Morgan fingerprint density at radius 1 is 0.951 bits per heavy atom. The summed E-state index contributed by atoms with van der Waals surface area (Å²) in [4.78, 5) is 63.9. The van der Waals surface area contributed by atoms with E-state index < -0.39 is 41.9 Å². The van der Waals surface area contributed by atoms with Gasteiger partial charge in [0.2, 0.25) is 17.7 Å². The zero-order valence-electron chi connectivity index (χ0n) is 23.9. The van der Waals surface area contributed by atoms with Crippen molar-refractivity contribution in [2.75, 3.05) is 7.11 Å². The van der Waals surface area contributed by atoms with Crippen molar-refractivity contribution in [3.05, 3.63) is 64.7 Å². The smallest absolute Gasteiger partial charge is 0.326 e. The summed E-state index contributed by atoms with van der Waals surface area (Å²) >= 11 is 0. The van der Waals surface area contributed by atoms with Crippen molar-refractivity contribution < 1.29 is 38.9 Å². The molecule has 41 heavy (non-hydrogen) atoms. The third kappa shape index (κ3) is 8.06. The van der Waals surface area contributed by atoms with Crippen LogP contribution in [0.1, 0.15) is 62.4 Å². The number of carbonyl (C=O) groups excluding carboxylic acids is 3. The minimum Gasteiger partial charge on any atom is -0.497 e. The summed E-state index contributed by atoms with van der Waals surface area (Å²) in [6.45, 7) is 7.15. The van der Waals surface area contributed by atoms with Gasteiger partial charge in [-0.2, -0.15) is 0 Å². The van der Waals surface area contributed by atoms with Crippen molar-refractivity contribution in [3.63, 3.8) is 0 Å². The topological polar surface area (TPSA) is 162 Å². The van der Waals surface area contributed by atoms with E-state index >= 15 is 0 Å². The molecule has 11 heteroatoms. The number of ether oxygens (including phenoxy) is 1. The van der Waals surface area contributed by atoms with Gasteiger partial charge in [-0.1, -0.05) is 51.1 Å². The van der Waals surface area contributed by atoms with Crippen LogP contribution in [-0.2, 0) is 43.4 Å². The van der Waals surface area contributed by atoms with Crippen LogP contribution in [0.4, 0.5) is 0 Å². The van der Waals surface area contributed by atoms with E-state index in [4.69, 9.17) is 4.74 Å². The fraction of sp³-hybridized carbons (Fsp3) is 0.433. The molecule has 0 spiro atoms. The van der Waals surface area contributed by atoms with Gasteiger partial charge in [0.1, 0.15) is 23.9 Å². The number of carboxylic acid groups (broad SMARTS) is 2. The van der Waals surface area contributed by atoms with E-state index in [2.05, 4.69) is 10.6 Å². The summed E-state index contributed by atoms with van der Waals surface area (Å²) in [7, 11) is 1.48. The van der Waals surface area contributed by atoms with Crippen LogP contribution in [0.25, 0.3) is 0 Å². The highest BCUT2D eigenvalue weighted by Crippen LogP contribution is 2.36. The second-order valence-corrected chi connectivity index (χ2v) is 11.4. The molecule has 2 aromatic rings. The van der Waals surface area contributed by atoms with E-state index in [9.17, 15) is 34.2 Å². The van der Waals surface area contributed by atoms with Gasteiger partial charge in [-0.05, 0) is 39.8 Å². The first-order valence-electron chi connectivity index (χ1n) is 13.3. The summed E-state index contributed by atoms with van der Waals surface area (Å²) in [6.07, 6.45) is -0.0775. The lowest BCUT2D eigenvalue weighted by atomic mass is 9.91. The molecule has 11 nitrogen and oxygen atoms in total. The van der Waals surface area contributed by atoms with Crippen LogP contribution in [-0.4, -0.2) is 64.0 Å². The number of nitrogens with zero attached hydrogens (tertiary/aromatic N) is 1. The molecule has 1 heterocycles. The van der Waals surface area contributed by atoms with Crippen LogP contribution >= 0.6 is 0 Å². The predicted octanol–water partition coefficient (Wildman–Crippen LogP) is 2.46. The van der Waals surface area contributed by atoms with Crippen molar-refractivity contribution in [1.82, 2.24) is 15.5 Å². The number of fused-ring (bicyclic) bond motifs is 1. The molecule has 1 aliphatic rings. The van der Waals surface area contributed by atoms with Crippen molar-refractivity contribution in [3.8, 4) is 5.75 Å². The average Bonchev–Trinajstić information content (AvgIpc) is 3.26. The Labute approximate surface area is 238 Å². The number of benzene rings is 2. The van der Waals surface area contributed by atoms with E-state index in [1.807, 2.05) is 20.8 Å². The number of carbonyl (C=O) groups is 5. The summed E-state index contributed by atoms with van der Waals surface area (Å²) in [6, 6.07) is 8.22. The monoisotopic (exact) mass is 567 g/mol. The molecule has 0 aromatic heterocycles. The van der Waals surface area contributed by atoms with Gasteiger partial charge in [0.25, 0.3) is 0 Å². The van der Waals surface area contributed by atoms with Crippen molar-refractivity contribution in [2.45, 2.75) is 71.6 Å². The molecule has 3 rings (SSSR count). The van der Waals surface area contributed by atoms with E-state index in [1.165, 1.54) is 18.9 Å². The molecular formula is C30H37N3O8. The molecule has 4 N–H and O–H groups in total. The summed E-state index contributed by atoms with van der Waals surface area (Å²) in [5, 5.41) is 24.9. The normalized spacial score (nSPS) is 15.8. The molecular weight excluding hydrogens is 530 g/mol. The first kappa shape index (κ1) is 31.1. The molecule has 3 amide bonds. The lowest BCUT2D eigenvalue weighted by molar-refractivity contribution is -0.144. The van der Waals surface area contributed by atoms with Crippen LogP contribution in [0.15, 0.2) is 42.5 Å². The minimum absolute atomic E-state index is 0.0738. The van der Waals surface area contributed by atoms with E-state index in [1.54, 1.807) is 42.5 Å². The highest BCUT2D eigenvalue weighted by atomic mass is 16.5. The number of nitrogens with one attached hydrogen (secondary N) is 2. The first-order valence-corrected chi connectivity index (χ1v) is 13.3. The Hall–Kier alpha value is -4.41. The van der Waals surface area contributed by atoms with Gasteiger partial charge >= 0.3 is 11.9 Å². The fourth-order valence-corrected chi connectivity index (χ4v) is 4.89. The quantitative estimate of drug-likeness (QED) is 0.322. The predicted molar refractivity (Wildman–Crippen MR) is 149 cm³/mol. The van der Waals surface area contributed by atoms with Gasteiger partial charge in [0.05, 0.1) is 7.11 Å². The number of amides is 3. The van der Waals surface area contributed by atoms with Crippen molar-refractivity contribution >= 4 is 29.7 Å². The van der Waals surface area contributed by atoms with E-state index in [0.29, 0.717) is 22.4 Å². The molecule has 0 bridgehead atoms. The van der Waals surface area contributed by atoms with Crippen LogP contribution in [0.2, 0.25) is 0 Å². The van der Waals surface area contributed by atoms with Crippen LogP contribution in [0.5, 0.6) is 5.75 Å². The van der Waals surface area contributed by atoms with Gasteiger partial charge in [-0.15, -0.1) is 0 Å². The molecule has 3 atom stereocenters. The van der Waals surface area contributed by atoms with Crippen LogP contribution in [0.3, 0.4) is 0 Å². The number of aliphatic carboxylic acids is 2. The zero-order valence-corrected chi connectivity index (χ0v) is 23.9. The number of methoxy groups -OCH3 is 1. The standard InChI is InChI=1S/C30H37N3O8/c1-17(34)33-16-20-10-11-21(41-5)14-22(20)26(33)27(36)32-24(29(39)40)13-19-9-7-6-8-18(19)12-23(28(37)38)31-25(35)15-30(2,3)4/h6-11,14,23-24,26H,12-13,15-16H2,1-5H3,(H,31,35)(H,32,36)(H,37,38)(H,39,40). The first-order chi connectivity index (χ1) is 19.2. The summed E-state index contributed by atoms with van der Waals surface area (Å²) in [5.41, 5.74) is 2.01. The molecule has 0 saturated carbocycles. The Kier molecular flexibility index (Phi) is 9.75. The highest BCUT2D eigenvalue weighted by Gasteiger charge is 2.39. The average molecular weight is 568 g/mol. The second-order valence-electron chi connectivity index (χ2n) is 11.4. The summed E-state index contributed by atoms with van der Waals surface area (Å²) in [5.74, 6) is -3.41. The molecule has 0 saturated heterocycles. The summed E-state index contributed by atoms with van der Waals surface area (Å²) < 4.78 is 5.27. The molecule has 0 fully saturated rings. The highest BCUT2D eigenvalue weighted by molar-refractivity contribution is 5.92. The minimum atomic E-state index is -1.37. The van der Waals surface area contributed by atoms with Gasteiger partial charge in [0, 0.05) is 32.7 Å². The second kappa shape index (κ2) is 12.8. The molecule has 3 unspecified atom stereocenters. The lowest BCUT2D eigenvalue weighted by Crippen LogP contribution is -2.47. The Balaban J connectivity index is 1.82.